The number of hydrogen-bond donors (Lipinski definition) is 2. The fourth-order valence-corrected chi connectivity index (χ4v) is 1.97. The maximum atomic E-state index is 10.9. The minimum absolute atomic E-state index is 0.217. The van der Waals surface area contributed by atoms with Crippen molar-refractivity contribution in [2.75, 3.05) is 5.32 Å². The number of rotatable bonds is 3. The van der Waals surface area contributed by atoms with E-state index in [0.717, 1.165) is 10.2 Å². The molecule has 0 aliphatic rings. The maximum absolute atomic E-state index is 10.9. The summed E-state index contributed by atoms with van der Waals surface area (Å²) >= 11 is 3.38. The lowest BCUT2D eigenvalue weighted by Gasteiger charge is -2.08. The van der Waals surface area contributed by atoms with Crippen LogP contribution in [0.3, 0.4) is 0 Å². The van der Waals surface area contributed by atoms with E-state index in [1.807, 2.05) is 24.3 Å². The Morgan fingerprint density at radius 2 is 2.11 bits per heavy atom. The van der Waals surface area contributed by atoms with Gasteiger partial charge in [-0.3, -0.25) is 0 Å². The average molecular weight is 307 g/mol. The minimum Gasteiger partial charge on any atom is -0.478 e. The van der Waals surface area contributed by atoms with Crippen molar-refractivity contribution >= 4 is 33.4 Å². The highest BCUT2D eigenvalue weighted by Gasteiger charge is 2.08. The van der Waals surface area contributed by atoms with E-state index in [-0.39, 0.29) is 5.56 Å². The third-order valence-corrected chi connectivity index (χ3v) is 2.91. The molecule has 0 saturated carbocycles. The molecule has 1 heterocycles. The Labute approximate surface area is 113 Å². The van der Waals surface area contributed by atoms with Gasteiger partial charge in [0.15, 0.2) is 0 Å². The number of carbonyl (C=O) groups is 1. The van der Waals surface area contributed by atoms with E-state index in [1.54, 1.807) is 19.1 Å². The first-order chi connectivity index (χ1) is 8.56. The summed E-state index contributed by atoms with van der Waals surface area (Å²) in [6, 6.07) is 10.9. The second-order valence-electron chi connectivity index (χ2n) is 3.77. The van der Waals surface area contributed by atoms with Gasteiger partial charge in [0.25, 0.3) is 0 Å². The first-order valence-electron chi connectivity index (χ1n) is 5.30. The first-order valence-corrected chi connectivity index (χ1v) is 6.09. The van der Waals surface area contributed by atoms with Gasteiger partial charge in [0.1, 0.15) is 5.82 Å². The van der Waals surface area contributed by atoms with Gasteiger partial charge in [-0.25, -0.2) is 9.78 Å². The number of nitrogens with one attached hydrogen (secondary N) is 1. The molecule has 0 spiro atoms. The number of carboxylic acids is 1. The predicted molar refractivity (Wildman–Crippen MR) is 73.4 cm³/mol. The Balaban J connectivity index is 2.25. The highest BCUT2D eigenvalue weighted by molar-refractivity contribution is 9.10. The number of halogens is 1. The van der Waals surface area contributed by atoms with Crippen LogP contribution in [-0.2, 0) is 0 Å². The molecule has 0 saturated heterocycles. The van der Waals surface area contributed by atoms with Crippen LogP contribution in [0.4, 0.5) is 11.5 Å². The molecule has 5 heteroatoms. The summed E-state index contributed by atoms with van der Waals surface area (Å²) in [4.78, 5) is 15.1. The molecule has 2 aromatic rings. The number of pyridine rings is 1. The summed E-state index contributed by atoms with van der Waals surface area (Å²) in [5.41, 5.74) is 1.59. The topological polar surface area (TPSA) is 62.2 Å². The lowest BCUT2D eigenvalue weighted by atomic mass is 10.2. The van der Waals surface area contributed by atoms with Crippen LogP contribution in [0, 0.1) is 6.92 Å². The van der Waals surface area contributed by atoms with Gasteiger partial charge < -0.3 is 10.4 Å². The fraction of sp³-hybridized carbons (Fsp3) is 0.0769. The van der Waals surface area contributed by atoms with Crippen LogP contribution in [0.2, 0.25) is 0 Å². The Kier molecular flexibility index (Phi) is 3.62. The van der Waals surface area contributed by atoms with Crippen LogP contribution < -0.4 is 5.32 Å². The Hall–Kier alpha value is -1.88. The van der Waals surface area contributed by atoms with Crippen LogP contribution in [0.1, 0.15) is 16.1 Å². The average Bonchev–Trinajstić information content (AvgIpc) is 2.28. The van der Waals surface area contributed by atoms with Gasteiger partial charge in [0.2, 0.25) is 0 Å². The molecule has 1 aromatic heterocycles. The van der Waals surface area contributed by atoms with E-state index in [9.17, 15) is 4.79 Å². The van der Waals surface area contributed by atoms with Crippen molar-refractivity contribution in [2.45, 2.75) is 6.92 Å². The summed E-state index contributed by atoms with van der Waals surface area (Å²) in [6.45, 7) is 1.68. The van der Waals surface area contributed by atoms with Gasteiger partial charge in [-0.1, -0.05) is 22.0 Å². The Morgan fingerprint density at radius 3 is 2.72 bits per heavy atom. The number of carboxylic acid groups (broad SMARTS) is 1. The van der Waals surface area contributed by atoms with E-state index in [4.69, 9.17) is 5.11 Å². The van der Waals surface area contributed by atoms with E-state index >= 15 is 0 Å². The number of hydrogen-bond acceptors (Lipinski definition) is 3. The van der Waals surface area contributed by atoms with E-state index in [1.165, 1.54) is 0 Å². The number of aryl methyl sites for hydroxylation is 1. The molecular formula is C13H11BrN2O2. The largest absolute Gasteiger partial charge is 0.478 e. The molecule has 0 aliphatic carbocycles. The summed E-state index contributed by atoms with van der Waals surface area (Å²) < 4.78 is 0.964. The van der Waals surface area contributed by atoms with Crippen molar-refractivity contribution in [1.82, 2.24) is 4.98 Å². The molecule has 4 nitrogen and oxygen atoms in total. The van der Waals surface area contributed by atoms with Crippen molar-refractivity contribution in [3.63, 3.8) is 0 Å². The molecule has 0 amide bonds. The quantitative estimate of drug-likeness (QED) is 0.909. The van der Waals surface area contributed by atoms with Crippen molar-refractivity contribution in [1.29, 1.82) is 0 Å². The Bertz CT molecular complexity index is 599. The standard InChI is InChI=1S/C13H11BrN2O2/c1-8-11(13(17)18)5-6-12(15-8)16-10-4-2-3-9(14)7-10/h2-7H,1H3,(H,15,16)(H,17,18). The number of aromatic nitrogens is 1. The van der Waals surface area contributed by atoms with Gasteiger partial charge in [-0.05, 0) is 37.3 Å². The summed E-state index contributed by atoms with van der Waals surface area (Å²) in [5, 5.41) is 12.0. The first kappa shape index (κ1) is 12.6. The van der Waals surface area contributed by atoms with Gasteiger partial charge in [-0.2, -0.15) is 0 Å². The third-order valence-electron chi connectivity index (χ3n) is 2.41. The monoisotopic (exact) mass is 306 g/mol. The van der Waals surface area contributed by atoms with E-state index in [0.29, 0.717) is 11.5 Å². The summed E-state index contributed by atoms with van der Waals surface area (Å²) in [6.07, 6.45) is 0. The highest BCUT2D eigenvalue weighted by atomic mass is 79.9. The van der Waals surface area contributed by atoms with Crippen molar-refractivity contribution in [3.8, 4) is 0 Å². The van der Waals surface area contributed by atoms with Gasteiger partial charge in [-0.15, -0.1) is 0 Å². The fourth-order valence-electron chi connectivity index (χ4n) is 1.57. The van der Waals surface area contributed by atoms with Crippen LogP contribution in [0.25, 0.3) is 0 Å². The number of benzene rings is 1. The van der Waals surface area contributed by atoms with Crippen LogP contribution in [-0.4, -0.2) is 16.1 Å². The highest BCUT2D eigenvalue weighted by Crippen LogP contribution is 2.20. The van der Waals surface area contributed by atoms with Crippen LogP contribution >= 0.6 is 15.9 Å². The van der Waals surface area contributed by atoms with E-state index < -0.39 is 5.97 Å². The van der Waals surface area contributed by atoms with Gasteiger partial charge in [0.05, 0.1) is 11.3 Å². The second-order valence-corrected chi connectivity index (χ2v) is 4.69. The van der Waals surface area contributed by atoms with Gasteiger partial charge in [0, 0.05) is 10.2 Å². The lowest BCUT2D eigenvalue weighted by Crippen LogP contribution is -2.03. The van der Waals surface area contributed by atoms with E-state index in [2.05, 4.69) is 26.2 Å². The van der Waals surface area contributed by atoms with Crippen LogP contribution in [0.15, 0.2) is 40.9 Å². The molecule has 2 N–H and O–H groups in total. The minimum atomic E-state index is -0.964. The van der Waals surface area contributed by atoms with Crippen molar-refractivity contribution in [2.24, 2.45) is 0 Å². The van der Waals surface area contributed by atoms with Gasteiger partial charge >= 0.3 is 5.97 Å². The summed E-state index contributed by atoms with van der Waals surface area (Å²) in [7, 11) is 0. The molecule has 0 radical (unpaired) electrons. The molecule has 0 bridgehead atoms. The Morgan fingerprint density at radius 1 is 1.33 bits per heavy atom. The molecule has 2 rings (SSSR count). The molecule has 0 atom stereocenters. The summed E-state index contributed by atoms with van der Waals surface area (Å²) in [5.74, 6) is -0.343. The molecule has 18 heavy (non-hydrogen) atoms. The number of aromatic carboxylic acids is 1. The molecule has 0 aliphatic heterocycles. The van der Waals surface area contributed by atoms with Crippen LogP contribution in [0.5, 0.6) is 0 Å². The normalized spacial score (nSPS) is 10.1. The maximum Gasteiger partial charge on any atom is 0.337 e. The second kappa shape index (κ2) is 5.18. The molecule has 92 valence electrons. The lowest BCUT2D eigenvalue weighted by molar-refractivity contribution is 0.0695. The zero-order valence-electron chi connectivity index (χ0n) is 9.64. The molecule has 1 aromatic carbocycles. The number of nitrogens with zero attached hydrogens (tertiary/aromatic N) is 1. The van der Waals surface area contributed by atoms with Crippen molar-refractivity contribution < 1.29 is 9.90 Å². The molecular weight excluding hydrogens is 296 g/mol. The zero-order chi connectivity index (χ0) is 13.1. The zero-order valence-corrected chi connectivity index (χ0v) is 11.2. The smallest absolute Gasteiger partial charge is 0.337 e. The SMILES string of the molecule is Cc1nc(Nc2cccc(Br)c2)ccc1C(=O)O. The number of anilines is 2. The van der Waals surface area contributed by atoms with Crippen molar-refractivity contribution in [3.05, 3.63) is 52.1 Å². The molecule has 0 fully saturated rings. The third kappa shape index (κ3) is 2.87. The molecule has 0 unspecified atom stereocenters. The predicted octanol–water partition coefficient (Wildman–Crippen LogP) is 3.59.